The average molecular weight is 385 g/mol. The molecule has 1 aromatic carbocycles. The summed E-state index contributed by atoms with van der Waals surface area (Å²) in [5.74, 6) is -1.29. The summed E-state index contributed by atoms with van der Waals surface area (Å²) in [5.41, 5.74) is 0.762. The van der Waals surface area contributed by atoms with E-state index in [0.717, 1.165) is 10.0 Å². The molecule has 1 saturated heterocycles. The topological polar surface area (TPSA) is 54.5 Å². The summed E-state index contributed by atoms with van der Waals surface area (Å²) >= 11 is 9.37. The van der Waals surface area contributed by atoms with Crippen molar-refractivity contribution in [1.29, 1.82) is 0 Å². The van der Waals surface area contributed by atoms with Gasteiger partial charge >= 0.3 is 10.2 Å². The Morgan fingerprint density at radius 1 is 1.45 bits per heavy atom. The lowest BCUT2D eigenvalue weighted by Gasteiger charge is -2.17. The molecule has 20 heavy (non-hydrogen) atoms. The van der Waals surface area contributed by atoms with Crippen LogP contribution in [0.5, 0.6) is 0 Å². The summed E-state index contributed by atoms with van der Waals surface area (Å²) in [7, 11) is -4.55. The van der Waals surface area contributed by atoms with Crippen LogP contribution in [0, 0.1) is 5.92 Å². The number of rotatable bonds is 4. The highest BCUT2D eigenvalue weighted by molar-refractivity contribution is 9.10. The normalized spacial score (nSPS) is 19.6. The molecule has 2 rings (SSSR count). The molecule has 0 spiro atoms. The van der Waals surface area contributed by atoms with Crippen LogP contribution in [0.2, 0.25) is 5.02 Å². The molecule has 1 atom stereocenters. The minimum Gasteiger partial charge on any atom is -0.338 e. The van der Waals surface area contributed by atoms with E-state index in [9.17, 15) is 17.1 Å². The lowest BCUT2D eigenvalue weighted by atomic mass is 10.1. The zero-order valence-corrected chi connectivity index (χ0v) is 13.5. The lowest BCUT2D eigenvalue weighted by Crippen LogP contribution is -2.25. The van der Waals surface area contributed by atoms with Crippen LogP contribution in [0.4, 0.5) is 3.89 Å². The maximum Gasteiger partial charge on any atom is 0.302 e. The van der Waals surface area contributed by atoms with Gasteiger partial charge in [-0.3, -0.25) is 4.79 Å². The van der Waals surface area contributed by atoms with Crippen molar-refractivity contribution in [2.24, 2.45) is 5.92 Å². The number of hydrogen-bond donors (Lipinski definition) is 0. The Morgan fingerprint density at radius 2 is 2.15 bits per heavy atom. The molecule has 8 heteroatoms. The molecule has 0 radical (unpaired) electrons. The first-order valence-corrected chi connectivity index (χ1v) is 8.61. The fourth-order valence-corrected chi connectivity index (χ4v) is 3.64. The van der Waals surface area contributed by atoms with E-state index in [1.165, 1.54) is 4.90 Å². The average Bonchev–Trinajstić information content (AvgIpc) is 2.62. The van der Waals surface area contributed by atoms with E-state index in [-0.39, 0.29) is 18.9 Å². The first kappa shape index (κ1) is 15.7. The maximum absolute atomic E-state index is 12.7. The van der Waals surface area contributed by atoms with Crippen molar-refractivity contribution in [3.05, 3.63) is 33.3 Å². The number of likely N-dealkylation sites (tertiary alicyclic amines) is 1. The third-order valence-electron chi connectivity index (χ3n) is 3.10. The number of benzene rings is 1. The monoisotopic (exact) mass is 383 g/mol. The molecule has 0 bridgehead atoms. The molecule has 110 valence electrons. The Labute approximate surface area is 130 Å². The molecule has 1 aliphatic heterocycles. The van der Waals surface area contributed by atoms with Crippen molar-refractivity contribution in [3.63, 3.8) is 0 Å². The SMILES string of the molecule is O=C1CC(CS(=O)(=O)F)CN1Cc1cc(Br)ccc1Cl. The van der Waals surface area contributed by atoms with Gasteiger partial charge in [-0.25, -0.2) is 0 Å². The largest absolute Gasteiger partial charge is 0.338 e. The number of carbonyl (C=O) groups excluding carboxylic acids is 1. The second-order valence-electron chi connectivity index (χ2n) is 4.79. The number of nitrogens with zero attached hydrogens (tertiary/aromatic N) is 1. The highest BCUT2D eigenvalue weighted by atomic mass is 79.9. The zero-order valence-electron chi connectivity index (χ0n) is 10.4. The van der Waals surface area contributed by atoms with Crippen LogP contribution in [-0.4, -0.2) is 31.5 Å². The van der Waals surface area contributed by atoms with E-state index in [4.69, 9.17) is 11.6 Å². The Balaban J connectivity index is 2.07. The van der Waals surface area contributed by atoms with Crippen molar-refractivity contribution in [2.45, 2.75) is 13.0 Å². The van der Waals surface area contributed by atoms with E-state index in [1.54, 1.807) is 18.2 Å². The molecule has 1 unspecified atom stereocenters. The van der Waals surface area contributed by atoms with Gasteiger partial charge in [0, 0.05) is 34.9 Å². The fourth-order valence-electron chi connectivity index (χ4n) is 2.27. The Hall–Kier alpha value is -0.660. The predicted octanol–water partition coefficient (Wildman–Crippen LogP) is 2.75. The first-order chi connectivity index (χ1) is 9.24. The van der Waals surface area contributed by atoms with Gasteiger partial charge in [-0.05, 0) is 23.8 Å². The van der Waals surface area contributed by atoms with Crippen LogP contribution in [0.3, 0.4) is 0 Å². The van der Waals surface area contributed by atoms with Crippen LogP contribution >= 0.6 is 27.5 Å². The van der Waals surface area contributed by atoms with E-state index in [1.807, 2.05) is 0 Å². The Morgan fingerprint density at radius 3 is 2.80 bits per heavy atom. The lowest BCUT2D eigenvalue weighted by molar-refractivity contribution is -0.128. The molecular formula is C12H12BrClFNO3S. The summed E-state index contributed by atoms with van der Waals surface area (Å²) in [6.45, 7) is 0.519. The number of hydrogen-bond acceptors (Lipinski definition) is 3. The predicted molar refractivity (Wildman–Crippen MR) is 77.6 cm³/mol. The minimum absolute atomic E-state index is 0.0504. The highest BCUT2D eigenvalue weighted by Crippen LogP contribution is 2.26. The van der Waals surface area contributed by atoms with Crippen molar-refractivity contribution in [1.82, 2.24) is 4.90 Å². The summed E-state index contributed by atoms with van der Waals surface area (Å²) < 4.78 is 34.8. The summed E-state index contributed by atoms with van der Waals surface area (Å²) in [6.07, 6.45) is 0.0504. The standard InChI is InChI=1S/C12H12BrClFNO3S/c13-10-1-2-11(14)9(4-10)6-16-5-8(3-12(16)17)7-20(15,18)19/h1-2,4,8H,3,5-7H2. The van der Waals surface area contributed by atoms with Gasteiger partial charge in [-0.15, -0.1) is 3.89 Å². The molecule has 1 aliphatic rings. The number of amides is 1. The van der Waals surface area contributed by atoms with E-state index in [2.05, 4.69) is 15.9 Å². The van der Waals surface area contributed by atoms with Crippen molar-refractivity contribution >= 4 is 43.7 Å². The van der Waals surface area contributed by atoms with Crippen LogP contribution in [0.25, 0.3) is 0 Å². The highest BCUT2D eigenvalue weighted by Gasteiger charge is 2.32. The summed E-state index contributed by atoms with van der Waals surface area (Å²) in [4.78, 5) is 13.3. The third-order valence-corrected chi connectivity index (χ3v) is 4.83. The van der Waals surface area contributed by atoms with E-state index >= 15 is 0 Å². The molecule has 0 aliphatic carbocycles. The Bertz CT molecular complexity index is 638. The van der Waals surface area contributed by atoms with Crippen LogP contribution in [0.1, 0.15) is 12.0 Å². The second kappa shape index (κ2) is 5.99. The van der Waals surface area contributed by atoms with Gasteiger partial charge in [-0.2, -0.15) is 8.42 Å². The van der Waals surface area contributed by atoms with Gasteiger partial charge in [0.05, 0.1) is 5.75 Å². The minimum atomic E-state index is -4.55. The fraction of sp³-hybridized carbons (Fsp3) is 0.417. The molecule has 0 N–H and O–H groups in total. The molecule has 1 heterocycles. The molecule has 1 aromatic rings. The van der Waals surface area contributed by atoms with Gasteiger partial charge in [0.25, 0.3) is 0 Å². The maximum atomic E-state index is 12.7. The molecule has 1 fully saturated rings. The van der Waals surface area contributed by atoms with Crippen molar-refractivity contribution < 1.29 is 17.1 Å². The molecule has 4 nitrogen and oxygen atoms in total. The van der Waals surface area contributed by atoms with Gasteiger partial charge < -0.3 is 4.90 Å². The molecule has 0 saturated carbocycles. The van der Waals surface area contributed by atoms with Crippen LogP contribution < -0.4 is 0 Å². The van der Waals surface area contributed by atoms with E-state index in [0.29, 0.717) is 11.6 Å². The summed E-state index contributed by atoms with van der Waals surface area (Å²) in [5, 5.41) is 0.530. The van der Waals surface area contributed by atoms with Gasteiger partial charge in [0.15, 0.2) is 0 Å². The van der Waals surface area contributed by atoms with Gasteiger partial charge in [0.1, 0.15) is 0 Å². The van der Waals surface area contributed by atoms with E-state index < -0.39 is 21.9 Å². The third kappa shape index (κ3) is 4.17. The molecule has 0 aromatic heterocycles. The number of carbonyl (C=O) groups is 1. The van der Waals surface area contributed by atoms with Gasteiger partial charge in [-0.1, -0.05) is 27.5 Å². The zero-order chi connectivity index (χ0) is 14.9. The van der Waals surface area contributed by atoms with Crippen LogP contribution in [0.15, 0.2) is 22.7 Å². The van der Waals surface area contributed by atoms with Crippen LogP contribution in [-0.2, 0) is 21.6 Å². The molecule has 1 amide bonds. The van der Waals surface area contributed by atoms with Gasteiger partial charge in [0.2, 0.25) is 5.91 Å². The second-order valence-corrected chi connectivity index (χ2v) is 7.52. The molecular weight excluding hydrogens is 373 g/mol. The summed E-state index contributed by atoms with van der Waals surface area (Å²) in [6, 6.07) is 5.30. The smallest absolute Gasteiger partial charge is 0.302 e. The first-order valence-electron chi connectivity index (χ1n) is 5.88. The number of halogens is 3. The van der Waals surface area contributed by atoms with Crippen molar-refractivity contribution in [3.8, 4) is 0 Å². The quantitative estimate of drug-likeness (QED) is 0.750. The Kier molecular flexibility index (Phi) is 4.71. The van der Waals surface area contributed by atoms with Crippen molar-refractivity contribution in [2.75, 3.05) is 12.3 Å².